The van der Waals surface area contributed by atoms with E-state index in [-0.39, 0.29) is 12.6 Å². The Kier molecular flexibility index (Phi) is 5.29. The van der Waals surface area contributed by atoms with Gasteiger partial charge in [-0.15, -0.1) is 0 Å². The lowest BCUT2D eigenvalue weighted by molar-refractivity contribution is 0.0925. The molecule has 0 unspecified atom stereocenters. The van der Waals surface area contributed by atoms with Crippen molar-refractivity contribution in [3.63, 3.8) is 0 Å². The molecule has 0 bridgehead atoms. The van der Waals surface area contributed by atoms with Gasteiger partial charge in [0.2, 0.25) is 0 Å². The van der Waals surface area contributed by atoms with Crippen LogP contribution >= 0.6 is 0 Å². The Bertz CT molecular complexity index is 223. The van der Waals surface area contributed by atoms with E-state index in [0.717, 1.165) is 12.3 Å². The molecule has 1 heterocycles. The lowest BCUT2D eigenvalue weighted by Crippen LogP contribution is -2.23. The first kappa shape index (κ1) is 11.2. The van der Waals surface area contributed by atoms with E-state index in [0.29, 0.717) is 13.2 Å². The summed E-state index contributed by atoms with van der Waals surface area (Å²) in [6.45, 7) is 3.86. The standard InChI is InChI=1S/C10H17NO3/c1-9(10-3-2-6-14-10)11-4-7-13-8-5-12/h2-3,6,9,11-12H,4-5,7-8H2,1H3/t9-/m1/s1. The molecule has 4 nitrogen and oxygen atoms in total. The zero-order valence-electron chi connectivity index (χ0n) is 8.40. The van der Waals surface area contributed by atoms with Gasteiger partial charge in [0.15, 0.2) is 0 Å². The van der Waals surface area contributed by atoms with E-state index in [4.69, 9.17) is 14.3 Å². The van der Waals surface area contributed by atoms with Crippen molar-refractivity contribution in [2.45, 2.75) is 13.0 Å². The fourth-order valence-electron chi connectivity index (χ4n) is 1.15. The van der Waals surface area contributed by atoms with E-state index < -0.39 is 0 Å². The predicted octanol–water partition coefficient (Wildman–Crippen LogP) is 0.939. The van der Waals surface area contributed by atoms with Crippen LogP contribution in [0.15, 0.2) is 22.8 Å². The van der Waals surface area contributed by atoms with E-state index in [1.54, 1.807) is 6.26 Å². The van der Waals surface area contributed by atoms with E-state index in [1.807, 2.05) is 19.1 Å². The van der Waals surface area contributed by atoms with Crippen molar-refractivity contribution in [3.05, 3.63) is 24.2 Å². The Morgan fingerprint density at radius 3 is 3.07 bits per heavy atom. The molecule has 4 heteroatoms. The molecule has 1 atom stereocenters. The molecule has 0 amide bonds. The smallest absolute Gasteiger partial charge is 0.120 e. The van der Waals surface area contributed by atoms with Crippen LogP contribution < -0.4 is 5.32 Å². The largest absolute Gasteiger partial charge is 0.468 e. The van der Waals surface area contributed by atoms with Crippen LogP contribution in [0.25, 0.3) is 0 Å². The maximum atomic E-state index is 8.46. The summed E-state index contributed by atoms with van der Waals surface area (Å²) in [6.07, 6.45) is 1.66. The zero-order valence-corrected chi connectivity index (χ0v) is 8.40. The number of rotatable bonds is 7. The molecular formula is C10H17NO3. The van der Waals surface area contributed by atoms with E-state index in [9.17, 15) is 0 Å². The van der Waals surface area contributed by atoms with Crippen molar-refractivity contribution >= 4 is 0 Å². The molecule has 80 valence electrons. The van der Waals surface area contributed by atoms with Crippen molar-refractivity contribution in [3.8, 4) is 0 Å². The minimum Gasteiger partial charge on any atom is -0.468 e. The fourth-order valence-corrected chi connectivity index (χ4v) is 1.15. The summed E-state index contributed by atoms with van der Waals surface area (Å²) in [5.41, 5.74) is 0. The van der Waals surface area contributed by atoms with Crippen molar-refractivity contribution < 1.29 is 14.3 Å². The van der Waals surface area contributed by atoms with Gasteiger partial charge in [0.1, 0.15) is 5.76 Å². The number of ether oxygens (including phenoxy) is 1. The maximum absolute atomic E-state index is 8.46. The second-order valence-electron chi connectivity index (χ2n) is 3.03. The minimum atomic E-state index is 0.0771. The highest BCUT2D eigenvalue weighted by molar-refractivity contribution is 5.02. The highest BCUT2D eigenvalue weighted by atomic mass is 16.5. The van der Waals surface area contributed by atoms with Crippen molar-refractivity contribution in [1.29, 1.82) is 0 Å². The minimum absolute atomic E-state index is 0.0771. The van der Waals surface area contributed by atoms with Crippen LogP contribution in [0.5, 0.6) is 0 Å². The molecule has 0 saturated heterocycles. The van der Waals surface area contributed by atoms with Gasteiger partial charge >= 0.3 is 0 Å². The lowest BCUT2D eigenvalue weighted by Gasteiger charge is -2.10. The van der Waals surface area contributed by atoms with Gasteiger partial charge in [0.05, 0.1) is 32.1 Å². The number of nitrogens with one attached hydrogen (secondary N) is 1. The molecule has 0 aliphatic heterocycles. The van der Waals surface area contributed by atoms with Crippen molar-refractivity contribution in [2.24, 2.45) is 0 Å². The van der Waals surface area contributed by atoms with E-state index >= 15 is 0 Å². The van der Waals surface area contributed by atoms with Crippen LogP contribution in [0.2, 0.25) is 0 Å². The molecule has 1 aromatic rings. The Balaban J connectivity index is 2.07. The molecule has 0 spiro atoms. The number of hydrogen-bond acceptors (Lipinski definition) is 4. The fraction of sp³-hybridized carbons (Fsp3) is 0.600. The van der Waals surface area contributed by atoms with Gasteiger partial charge in [0.25, 0.3) is 0 Å². The van der Waals surface area contributed by atoms with E-state index in [2.05, 4.69) is 5.32 Å². The molecule has 0 saturated carbocycles. The molecule has 0 aromatic carbocycles. The van der Waals surface area contributed by atoms with Crippen molar-refractivity contribution in [1.82, 2.24) is 5.32 Å². The quantitative estimate of drug-likeness (QED) is 0.642. The molecule has 0 aliphatic rings. The average molecular weight is 199 g/mol. The summed E-state index contributed by atoms with van der Waals surface area (Å²) >= 11 is 0. The third-order valence-corrected chi connectivity index (χ3v) is 1.90. The summed E-state index contributed by atoms with van der Waals surface area (Å²) < 4.78 is 10.3. The molecule has 0 aliphatic carbocycles. The molecule has 0 radical (unpaired) electrons. The van der Waals surface area contributed by atoms with E-state index in [1.165, 1.54) is 0 Å². The number of aliphatic hydroxyl groups excluding tert-OH is 1. The summed E-state index contributed by atoms with van der Waals surface area (Å²) in [5.74, 6) is 0.923. The average Bonchev–Trinajstić information content (AvgIpc) is 2.70. The summed E-state index contributed by atoms with van der Waals surface area (Å²) in [7, 11) is 0. The molecule has 1 rings (SSSR count). The summed E-state index contributed by atoms with van der Waals surface area (Å²) in [4.78, 5) is 0. The maximum Gasteiger partial charge on any atom is 0.120 e. The van der Waals surface area contributed by atoms with Gasteiger partial charge in [-0.25, -0.2) is 0 Å². The number of furan rings is 1. The van der Waals surface area contributed by atoms with Gasteiger partial charge in [-0.2, -0.15) is 0 Å². The Morgan fingerprint density at radius 2 is 2.43 bits per heavy atom. The Labute approximate surface area is 83.9 Å². The van der Waals surface area contributed by atoms with Gasteiger partial charge in [-0.1, -0.05) is 0 Å². The van der Waals surface area contributed by atoms with Crippen LogP contribution in [0.4, 0.5) is 0 Å². The third kappa shape index (κ3) is 3.91. The third-order valence-electron chi connectivity index (χ3n) is 1.90. The normalized spacial score (nSPS) is 13.0. The van der Waals surface area contributed by atoms with Crippen molar-refractivity contribution in [2.75, 3.05) is 26.4 Å². The van der Waals surface area contributed by atoms with Crippen LogP contribution in [0, 0.1) is 0 Å². The Hall–Kier alpha value is -0.840. The second kappa shape index (κ2) is 6.59. The lowest BCUT2D eigenvalue weighted by atomic mass is 10.2. The first-order valence-electron chi connectivity index (χ1n) is 4.80. The van der Waals surface area contributed by atoms with Crippen LogP contribution in [-0.2, 0) is 4.74 Å². The monoisotopic (exact) mass is 199 g/mol. The summed E-state index contributed by atoms with van der Waals surface area (Å²) in [6, 6.07) is 4.00. The first-order chi connectivity index (χ1) is 6.84. The van der Waals surface area contributed by atoms with Gasteiger partial charge in [-0.3, -0.25) is 0 Å². The van der Waals surface area contributed by atoms with Crippen LogP contribution in [-0.4, -0.2) is 31.5 Å². The SMILES string of the molecule is C[C@@H](NCCOCCO)c1ccco1. The zero-order chi connectivity index (χ0) is 10.2. The first-order valence-corrected chi connectivity index (χ1v) is 4.80. The van der Waals surface area contributed by atoms with Gasteiger partial charge in [0, 0.05) is 6.54 Å². The number of hydrogen-bond donors (Lipinski definition) is 2. The topological polar surface area (TPSA) is 54.6 Å². The molecule has 1 aromatic heterocycles. The molecule has 2 N–H and O–H groups in total. The second-order valence-corrected chi connectivity index (χ2v) is 3.03. The highest BCUT2D eigenvalue weighted by Gasteiger charge is 2.05. The van der Waals surface area contributed by atoms with Gasteiger partial charge < -0.3 is 19.6 Å². The summed E-state index contributed by atoms with van der Waals surface area (Å²) in [5, 5.41) is 11.7. The van der Waals surface area contributed by atoms with Gasteiger partial charge in [-0.05, 0) is 19.1 Å². The van der Waals surface area contributed by atoms with Crippen LogP contribution in [0.3, 0.4) is 0 Å². The highest BCUT2D eigenvalue weighted by Crippen LogP contribution is 2.11. The Morgan fingerprint density at radius 1 is 1.57 bits per heavy atom. The molecule has 0 fully saturated rings. The molecular weight excluding hydrogens is 182 g/mol. The molecule has 14 heavy (non-hydrogen) atoms. The van der Waals surface area contributed by atoms with Crippen LogP contribution in [0.1, 0.15) is 18.7 Å². The predicted molar refractivity (Wildman–Crippen MR) is 53.0 cm³/mol. The number of aliphatic hydroxyl groups is 1.